The minimum Gasteiger partial charge on any atom is -0.355 e. The van der Waals surface area contributed by atoms with E-state index in [1.807, 2.05) is 67.6 Å². The third-order valence-electron chi connectivity index (χ3n) is 6.38. The lowest BCUT2D eigenvalue weighted by atomic mass is 9.96. The molecule has 0 unspecified atom stereocenters. The first-order valence-corrected chi connectivity index (χ1v) is 13.2. The number of sulfonamides is 1. The third kappa shape index (κ3) is 5.71. The molecule has 0 radical (unpaired) electrons. The van der Waals surface area contributed by atoms with Crippen LogP contribution in [0.4, 0.5) is 0 Å². The van der Waals surface area contributed by atoms with Gasteiger partial charge in [0.1, 0.15) is 5.69 Å². The van der Waals surface area contributed by atoms with E-state index in [9.17, 15) is 13.2 Å². The number of benzene rings is 2. The van der Waals surface area contributed by atoms with Crippen molar-refractivity contribution < 1.29 is 17.7 Å². The molecule has 7 nitrogen and oxygen atoms in total. The number of hydrogen-bond acceptors (Lipinski definition) is 5. The number of carbonyl (C=O) groups excluding carboxylic acids is 1. The van der Waals surface area contributed by atoms with Gasteiger partial charge in [0.05, 0.1) is 0 Å². The summed E-state index contributed by atoms with van der Waals surface area (Å²) >= 11 is 0. The summed E-state index contributed by atoms with van der Waals surface area (Å²) in [4.78, 5) is 14.8. The van der Waals surface area contributed by atoms with Crippen molar-refractivity contribution in [1.82, 2.24) is 14.4 Å². The lowest BCUT2D eigenvalue weighted by Gasteiger charge is -2.32. The summed E-state index contributed by atoms with van der Waals surface area (Å²) in [6.07, 6.45) is 4.42. The molecule has 8 heteroatoms. The molecule has 1 aromatic heterocycles. The van der Waals surface area contributed by atoms with E-state index in [2.05, 4.69) is 5.16 Å². The molecule has 1 amide bonds. The Morgan fingerprint density at radius 3 is 2.37 bits per heavy atom. The third-order valence-corrected chi connectivity index (χ3v) is 8.44. The fourth-order valence-corrected chi connectivity index (χ4v) is 6.09. The number of aromatic nitrogens is 1. The Morgan fingerprint density at radius 1 is 1.06 bits per heavy atom. The summed E-state index contributed by atoms with van der Waals surface area (Å²) in [7, 11) is -2.01. The van der Waals surface area contributed by atoms with Crippen LogP contribution in [0.5, 0.6) is 0 Å². The SMILES string of the molecule is Cc1ccc(C=Cc2onc(C)c2S(=O)(=O)N2CCC(C(=O)N(C)Cc3ccccc3)CC2)cc1. The van der Waals surface area contributed by atoms with Gasteiger partial charge in [-0.2, -0.15) is 4.31 Å². The second-order valence-corrected chi connectivity index (χ2v) is 10.9. The van der Waals surface area contributed by atoms with E-state index in [1.54, 1.807) is 24.9 Å². The lowest BCUT2D eigenvalue weighted by molar-refractivity contribution is -0.135. The molecular weight excluding hydrogens is 462 g/mol. The lowest BCUT2D eigenvalue weighted by Crippen LogP contribution is -2.43. The van der Waals surface area contributed by atoms with E-state index < -0.39 is 10.0 Å². The minimum absolute atomic E-state index is 0.0498. The molecule has 0 aliphatic carbocycles. The topological polar surface area (TPSA) is 83.7 Å². The molecule has 3 aromatic rings. The van der Waals surface area contributed by atoms with Gasteiger partial charge in [0.15, 0.2) is 10.7 Å². The van der Waals surface area contributed by atoms with Crippen LogP contribution in [0.25, 0.3) is 12.2 Å². The quantitative estimate of drug-likeness (QED) is 0.483. The maximum absolute atomic E-state index is 13.5. The van der Waals surface area contributed by atoms with Gasteiger partial charge in [-0.25, -0.2) is 8.42 Å². The van der Waals surface area contributed by atoms with Crippen LogP contribution in [-0.4, -0.2) is 48.8 Å². The first kappa shape index (κ1) is 24.9. The van der Waals surface area contributed by atoms with Gasteiger partial charge < -0.3 is 9.42 Å². The molecule has 0 spiro atoms. The van der Waals surface area contributed by atoms with Gasteiger partial charge in [0.2, 0.25) is 15.9 Å². The molecule has 1 saturated heterocycles. The second kappa shape index (κ2) is 10.6. The van der Waals surface area contributed by atoms with Crippen LogP contribution >= 0.6 is 0 Å². The monoisotopic (exact) mass is 493 g/mol. The van der Waals surface area contributed by atoms with Gasteiger partial charge in [0, 0.05) is 32.6 Å². The maximum atomic E-state index is 13.5. The number of aryl methyl sites for hydroxylation is 2. The highest BCUT2D eigenvalue weighted by Gasteiger charge is 2.36. The van der Waals surface area contributed by atoms with Crippen LogP contribution in [0.15, 0.2) is 64.0 Å². The van der Waals surface area contributed by atoms with Crippen molar-refractivity contribution in [3.05, 3.63) is 82.7 Å². The molecule has 184 valence electrons. The normalized spacial score (nSPS) is 15.5. The summed E-state index contributed by atoms with van der Waals surface area (Å²) in [5.74, 6) is 0.0669. The molecule has 1 fully saturated rings. The van der Waals surface area contributed by atoms with Crippen molar-refractivity contribution in [2.45, 2.75) is 38.1 Å². The molecule has 0 atom stereocenters. The summed E-state index contributed by atoms with van der Waals surface area (Å²) < 4.78 is 33.8. The Morgan fingerprint density at radius 2 is 1.71 bits per heavy atom. The number of rotatable bonds is 7. The predicted octanol–water partition coefficient (Wildman–Crippen LogP) is 4.52. The van der Waals surface area contributed by atoms with E-state index in [0.717, 1.165) is 16.7 Å². The zero-order valence-corrected chi connectivity index (χ0v) is 21.2. The first-order chi connectivity index (χ1) is 16.8. The fourth-order valence-electron chi connectivity index (χ4n) is 4.37. The summed E-state index contributed by atoms with van der Waals surface area (Å²) in [6, 6.07) is 17.7. The van der Waals surface area contributed by atoms with Gasteiger partial charge >= 0.3 is 0 Å². The molecule has 0 bridgehead atoms. The Kier molecular flexibility index (Phi) is 7.52. The van der Waals surface area contributed by atoms with Gasteiger partial charge in [0.25, 0.3) is 0 Å². The molecule has 4 rings (SSSR count). The number of nitrogens with zero attached hydrogens (tertiary/aromatic N) is 3. The second-order valence-electron chi connectivity index (χ2n) is 9.06. The molecule has 2 aromatic carbocycles. The van der Waals surface area contributed by atoms with E-state index in [1.165, 1.54) is 4.31 Å². The highest BCUT2D eigenvalue weighted by molar-refractivity contribution is 7.89. The smallest absolute Gasteiger partial charge is 0.248 e. The maximum Gasteiger partial charge on any atom is 0.248 e. The number of hydrogen-bond donors (Lipinski definition) is 0. The fraction of sp³-hybridized carbons (Fsp3) is 0.333. The Labute approximate surface area is 207 Å². The van der Waals surface area contributed by atoms with Gasteiger partial charge in [-0.3, -0.25) is 4.79 Å². The zero-order valence-electron chi connectivity index (χ0n) is 20.3. The van der Waals surface area contributed by atoms with Crippen molar-refractivity contribution in [3.8, 4) is 0 Å². The van der Waals surface area contributed by atoms with Crippen LogP contribution in [0.3, 0.4) is 0 Å². The van der Waals surface area contributed by atoms with E-state index in [-0.39, 0.29) is 35.6 Å². The Hall–Kier alpha value is -3.23. The van der Waals surface area contributed by atoms with Gasteiger partial charge in [-0.05, 0) is 43.9 Å². The largest absolute Gasteiger partial charge is 0.355 e. The van der Waals surface area contributed by atoms with Crippen molar-refractivity contribution in [2.24, 2.45) is 5.92 Å². The Bertz CT molecular complexity index is 1290. The van der Waals surface area contributed by atoms with Crippen LogP contribution in [0.1, 0.15) is 41.0 Å². The van der Waals surface area contributed by atoms with E-state index in [0.29, 0.717) is 25.1 Å². The molecule has 35 heavy (non-hydrogen) atoms. The molecule has 1 aliphatic heterocycles. The highest BCUT2D eigenvalue weighted by Crippen LogP contribution is 2.30. The summed E-state index contributed by atoms with van der Waals surface area (Å²) in [5, 5.41) is 3.92. The zero-order chi connectivity index (χ0) is 25.0. The van der Waals surface area contributed by atoms with Crippen LogP contribution < -0.4 is 0 Å². The predicted molar refractivity (Wildman–Crippen MR) is 136 cm³/mol. The van der Waals surface area contributed by atoms with Gasteiger partial charge in [-0.15, -0.1) is 0 Å². The molecule has 0 saturated carbocycles. The van der Waals surface area contributed by atoms with Crippen LogP contribution in [-0.2, 0) is 21.4 Å². The molecule has 2 heterocycles. The first-order valence-electron chi connectivity index (χ1n) is 11.8. The standard InChI is InChI=1S/C27H31N3O4S/c1-20-9-11-22(12-10-20)13-14-25-26(21(2)28-34-25)35(32,33)30-17-15-24(16-18-30)27(31)29(3)19-23-7-5-4-6-8-23/h4-14,24H,15-19H2,1-3H3. The minimum atomic E-state index is -3.81. The van der Waals surface area contributed by atoms with Crippen molar-refractivity contribution in [2.75, 3.05) is 20.1 Å². The van der Waals surface area contributed by atoms with Crippen molar-refractivity contribution in [3.63, 3.8) is 0 Å². The molecule has 0 N–H and O–H groups in total. The average molecular weight is 494 g/mol. The molecular formula is C27H31N3O4S. The number of carbonyl (C=O) groups is 1. The van der Waals surface area contributed by atoms with E-state index in [4.69, 9.17) is 4.52 Å². The Balaban J connectivity index is 1.43. The van der Waals surface area contributed by atoms with Crippen LogP contribution in [0.2, 0.25) is 0 Å². The number of amides is 1. The highest BCUT2D eigenvalue weighted by atomic mass is 32.2. The average Bonchev–Trinajstić information content (AvgIpc) is 3.25. The number of piperidine rings is 1. The summed E-state index contributed by atoms with van der Waals surface area (Å²) in [6.45, 7) is 4.74. The molecule has 1 aliphatic rings. The van der Waals surface area contributed by atoms with Crippen molar-refractivity contribution in [1.29, 1.82) is 0 Å². The van der Waals surface area contributed by atoms with Crippen LogP contribution in [0, 0.1) is 19.8 Å². The van der Waals surface area contributed by atoms with Gasteiger partial charge in [-0.1, -0.05) is 71.4 Å². The van der Waals surface area contributed by atoms with E-state index >= 15 is 0 Å². The van der Waals surface area contributed by atoms with Crippen molar-refractivity contribution >= 4 is 28.1 Å². The summed E-state index contributed by atoms with van der Waals surface area (Å²) in [5.41, 5.74) is 3.48.